The molecular weight excluding hydrogens is 369 g/mol. The predicted molar refractivity (Wildman–Crippen MR) is 103 cm³/mol. The van der Waals surface area contributed by atoms with E-state index in [2.05, 4.69) is 0 Å². The smallest absolute Gasteiger partial charge is 0.308 e. The Labute approximate surface area is 159 Å². The van der Waals surface area contributed by atoms with Crippen LogP contribution in [0.4, 0.5) is 4.39 Å². The zero-order valence-electron chi connectivity index (χ0n) is 15.7. The highest BCUT2D eigenvalue weighted by Gasteiger charge is 2.20. The number of hydrogen-bond donors (Lipinski definition) is 0. The van der Waals surface area contributed by atoms with E-state index in [0.29, 0.717) is 12.1 Å². The first kappa shape index (κ1) is 20.9. The highest BCUT2D eigenvalue weighted by Crippen LogP contribution is 2.19. The number of amides is 1. The maximum absolute atomic E-state index is 14.0. The maximum atomic E-state index is 14.0. The summed E-state index contributed by atoms with van der Waals surface area (Å²) >= 11 is 0. The van der Waals surface area contributed by atoms with Crippen molar-refractivity contribution in [2.24, 2.45) is 5.92 Å². The van der Waals surface area contributed by atoms with Crippen LogP contribution >= 0.6 is 0 Å². The van der Waals surface area contributed by atoms with Crippen LogP contribution < -0.4 is 4.18 Å². The van der Waals surface area contributed by atoms with Crippen molar-refractivity contribution in [3.05, 3.63) is 65.5 Å². The Morgan fingerprint density at radius 1 is 1.15 bits per heavy atom. The molecule has 146 valence electrons. The summed E-state index contributed by atoms with van der Waals surface area (Å²) in [6, 6.07) is 12.4. The van der Waals surface area contributed by atoms with Crippen LogP contribution in [0.5, 0.6) is 5.75 Å². The number of carbonyl (C=O) groups is 1. The van der Waals surface area contributed by atoms with Gasteiger partial charge in [-0.15, -0.1) is 0 Å². The van der Waals surface area contributed by atoms with E-state index >= 15 is 0 Å². The topological polar surface area (TPSA) is 63.7 Å². The minimum Gasteiger partial charge on any atom is -0.382 e. The Bertz CT molecular complexity index is 896. The lowest BCUT2D eigenvalue weighted by Crippen LogP contribution is -2.34. The number of halogens is 1. The Kier molecular flexibility index (Phi) is 6.96. The van der Waals surface area contributed by atoms with E-state index < -0.39 is 21.8 Å². The van der Waals surface area contributed by atoms with Gasteiger partial charge in [-0.05, 0) is 42.7 Å². The van der Waals surface area contributed by atoms with Crippen LogP contribution in [0.15, 0.2) is 48.5 Å². The number of hydrogen-bond acceptors (Lipinski definition) is 4. The Balaban J connectivity index is 2.26. The van der Waals surface area contributed by atoms with Gasteiger partial charge in [-0.1, -0.05) is 38.1 Å². The van der Waals surface area contributed by atoms with Crippen LogP contribution in [0.2, 0.25) is 0 Å². The van der Waals surface area contributed by atoms with E-state index in [0.717, 1.165) is 0 Å². The van der Waals surface area contributed by atoms with Gasteiger partial charge < -0.3 is 9.08 Å². The van der Waals surface area contributed by atoms with Crippen LogP contribution in [0.3, 0.4) is 0 Å². The van der Waals surface area contributed by atoms with Crippen molar-refractivity contribution in [2.45, 2.75) is 27.3 Å². The van der Waals surface area contributed by atoms with Gasteiger partial charge in [0, 0.05) is 13.1 Å². The van der Waals surface area contributed by atoms with Crippen LogP contribution in [-0.4, -0.2) is 31.5 Å². The van der Waals surface area contributed by atoms with Crippen molar-refractivity contribution in [2.75, 3.05) is 12.3 Å². The molecule has 5 nitrogen and oxygen atoms in total. The average Bonchev–Trinajstić information content (AvgIpc) is 2.60. The van der Waals surface area contributed by atoms with Gasteiger partial charge in [-0.2, -0.15) is 8.42 Å². The minimum atomic E-state index is -3.63. The lowest BCUT2D eigenvalue weighted by atomic mass is 10.1. The highest BCUT2D eigenvalue weighted by molar-refractivity contribution is 7.87. The van der Waals surface area contributed by atoms with E-state index in [1.165, 1.54) is 25.1 Å². The fraction of sp³-hybridized carbons (Fsp3) is 0.350. The summed E-state index contributed by atoms with van der Waals surface area (Å²) in [4.78, 5) is 14.4. The highest BCUT2D eigenvalue weighted by atomic mass is 32.2. The van der Waals surface area contributed by atoms with Gasteiger partial charge >= 0.3 is 10.1 Å². The van der Waals surface area contributed by atoms with Crippen molar-refractivity contribution >= 4 is 16.0 Å². The molecule has 1 amide bonds. The van der Waals surface area contributed by atoms with E-state index in [4.69, 9.17) is 4.18 Å². The van der Waals surface area contributed by atoms with Gasteiger partial charge in [0.05, 0.1) is 11.3 Å². The fourth-order valence-electron chi connectivity index (χ4n) is 2.59. The molecule has 2 rings (SSSR count). The molecule has 0 aromatic heterocycles. The van der Waals surface area contributed by atoms with Crippen molar-refractivity contribution in [1.29, 1.82) is 0 Å². The standard InChI is InChI=1S/C20H24FNO4S/c1-4-27(24,25)26-17-9-7-8-16(12-17)14-22(13-15(2)3)20(23)18-10-5-6-11-19(18)21/h5-12,15H,4,13-14H2,1-3H3. The molecule has 0 N–H and O–H groups in total. The Morgan fingerprint density at radius 2 is 1.85 bits per heavy atom. The molecule has 0 saturated carbocycles. The zero-order chi connectivity index (χ0) is 20.0. The fourth-order valence-corrected chi connectivity index (χ4v) is 3.10. The largest absolute Gasteiger partial charge is 0.382 e. The van der Waals surface area contributed by atoms with Crippen molar-refractivity contribution in [3.8, 4) is 5.75 Å². The molecule has 0 fully saturated rings. The summed E-state index contributed by atoms with van der Waals surface area (Å²) in [5.41, 5.74) is 0.711. The van der Waals surface area contributed by atoms with E-state index in [-0.39, 0.29) is 29.5 Å². The van der Waals surface area contributed by atoms with Crippen LogP contribution in [0.25, 0.3) is 0 Å². The Morgan fingerprint density at radius 3 is 2.48 bits per heavy atom. The molecule has 0 atom stereocenters. The van der Waals surface area contributed by atoms with Gasteiger partial charge in [0.15, 0.2) is 0 Å². The summed E-state index contributed by atoms with van der Waals surface area (Å²) in [5.74, 6) is -0.739. The predicted octanol–water partition coefficient (Wildman–Crippen LogP) is 3.85. The van der Waals surface area contributed by atoms with E-state index in [9.17, 15) is 17.6 Å². The first-order valence-corrected chi connectivity index (χ1v) is 10.3. The summed E-state index contributed by atoms with van der Waals surface area (Å²) in [6.45, 7) is 6.08. The lowest BCUT2D eigenvalue weighted by Gasteiger charge is -2.25. The number of benzene rings is 2. The molecule has 0 bridgehead atoms. The quantitative estimate of drug-likeness (QED) is 0.639. The zero-order valence-corrected chi connectivity index (χ0v) is 16.5. The second-order valence-corrected chi connectivity index (χ2v) is 8.50. The van der Waals surface area contributed by atoms with Crippen LogP contribution in [0.1, 0.15) is 36.7 Å². The molecule has 2 aromatic carbocycles. The van der Waals surface area contributed by atoms with Gasteiger partial charge in [0.2, 0.25) is 0 Å². The monoisotopic (exact) mass is 393 g/mol. The van der Waals surface area contributed by atoms with Crippen LogP contribution in [0, 0.1) is 11.7 Å². The molecule has 0 spiro atoms. The molecule has 0 saturated heterocycles. The maximum Gasteiger partial charge on any atom is 0.308 e. The normalized spacial score (nSPS) is 11.4. The van der Waals surface area contributed by atoms with Gasteiger partial charge in [-0.3, -0.25) is 4.79 Å². The third-order valence-corrected chi connectivity index (χ3v) is 4.98. The number of nitrogens with zero attached hydrogens (tertiary/aromatic N) is 1. The van der Waals surface area contributed by atoms with Crippen LogP contribution in [-0.2, 0) is 16.7 Å². The third kappa shape index (κ3) is 6.06. The summed E-state index contributed by atoms with van der Waals surface area (Å²) in [7, 11) is -3.63. The van der Waals surface area contributed by atoms with Crippen molar-refractivity contribution in [1.82, 2.24) is 4.90 Å². The molecule has 0 unspecified atom stereocenters. The molecule has 2 aromatic rings. The van der Waals surface area contributed by atoms with Gasteiger partial charge in [0.1, 0.15) is 11.6 Å². The molecule has 0 aliphatic carbocycles. The van der Waals surface area contributed by atoms with Gasteiger partial charge in [-0.25, -0.2) is 4.39 Å². The number of rotatable bonds is 8. The SMILES string of the molecule is CCS(=O)(=O)Oc1cccc(CN(CC(C)C)C(=O)c2ccccc2F)c1. The van der Waals surface area contributed by atoms with Gasteiger partial charge in [0.25, 0.3) is 5.91 Å². The summed E-state index contributed by atoms with van der Waals surface area (Å²) in [6.07, 6.45) is 0. The first-order valence-electron chi connectivity index (χ1n) is 8.76. The molecule has 0 radical (unpaired) electrons. The van der Waals surface area contributed by atoms with Crippen molar-refractivity contribution < 1.29 is 21.8 Å². The number of carbonyl (C=O) groups excluding carboxylic acids is 1. The summed E-state index contributed by atoms with van der Waals surface area (Å²) < 4.78 is 42.4. The molecule has 0 heterocycles. The van der Waals surface area contributed by atoms with E-state index in [1.807, 2.05) is 13.8 Å². The second-order valence-electron chi connectivity index (χ2n) is 6.64. The Hall–Kier alpha value is -2.41. The summed E-state index contributed by atoms with van der Waals surface area (Å²) in [5, 5.41) is 0. The van der Waals surface area contributed by atoms with E-state index in [1.54, 1.807) is 35.2 Å². The minimum absolute atomic E-state index is 0.0131. The average molecular weight is 393 g/mol. The second kappa shape index (κ2) is 8.99. The molecule has 7 heteroatoms. The first-order chi connectivity index (χ1) is 12.7. The lowest BCUT2D eigenvalue weighted by molar-refractivity contribution is 0.0717. The molecule has 27 heavy (non-hydrogen) atoms. The molecule has 0 aliphatic heterocycles. The van der Waals surface area contributed by atoms with Crippen molar-refractivity contribution in [3.63, 3.8) is 0 Å². The molecule has 0 aliphatic rings. The molecular formula is C20H24FNO4S. The third-order valence-electron chi connectivity index (χ3n) is 3.83.